The summed E-state index contributed by atoms with van der Waals surface area (Å²) in [6, 6.07) is 0. The third kappa shape index (κ3) is 4.24. The van der Waals surface area contributed by atoms with Crippen molar-refractivity contribution in [3.63, 3.8) is 0 Å². The van der Waals surface area contributed by atoms with E-state index in [1.165, 1.54) is 6.92 Å². The van der Waals surface area contributed by atoms with Crippen molar-refractivity contribution in [2.24, 2.45) is 5.92 Å². The van der Waals surface area contributed by atoms with Crippen molar-refractivity contribution in [1.82, 2.24) is 0 Å². The fourth-order valence-corrected chi connectivity index (χ4v) is 4.18. The quantitative estimate of drug-likeness (QED) is 0.527. The molecule has 5 atom stereocenters. The Bertz CT molecular complexity index is 765. The molecular formula is C21H26O7. The molecule has 0 aliphatic carbocycles. The highest BCUT2D eigenvalue weighted by molar-refractivity contribution is 5.93. The molecule has 2 fully saturated rings. The zero-order chi connectivity index (χ0) is 20.6. The lowest BCUT2D eigenvalue weighted by Crippen LogP contribution is -2.37. The lowest BCUT2D eigenvalue weighted by Gasteiger charge is -2.28. The van der Waals surface area contributed by atoms with Crippen molar-refractivity contribution in [1.29, 1.82) is 0 Å². The number of rotatable bonds is 2. The van der Waals surface area contributed by atoms with E-state index in [1.54, 1.807) is 13.0 Å². The number of carbonyl (C=O) groups is 4. The van der Waals surface area contributed by atoms with Gasteiger partial charge in [-0.3, -0.25) is 14.4 Å². The van der Waals surface area contributed by atoms with Crippen LogP contribution in [0, 0.1) is 5.92 Å². The van der Waals surface area contributed by atoms with Crippen LogP contribution in [0.15, 0.2) is 23.8 Å². The van der Waals surface area contributed by atoms with E-state index in [0.29, 0.717) is 6.42 Å². The van der Waals surface area contributed by atoms with E-state index in [0.717, 1.165) is 5.57 Å². The second-order valence-corrected chi connectivity index (χ2v) is 8.26. The zero-order valence-corrected chi connectivity index (χ0v) is 16.5. The normalized spacial score (nSPS) is 37.8. The van der Waals surface area contributed by atoms with Gasteiger partial charge in [0, 0.05) is 32.6 Å². The minimum Gasteiger partial charge on any atom is -0.454 e. The van der Waals surface area contributed by atoms with E-state index in [4.69, 9.17) is 14.2 Å². The summed E-state index contributed by atoms with van der Waals surface area (Å²) >= 11 is 0. The first-order valence-electron chi connectivity index (χ1n) is 9.54. The molecule has 0 radical (unpaired) electrons. The summed E-state index contributed by atoms with van der Waals surface area (Å²) in [6.07, 6.45) is 0.260. The Hall–Kier alpha value is -2.28. The predicted octanol–water partition coefficient (Wildman–Crippen LogP) is 2.22. The van der Waals surface area contributed by atoms with Crippen LogP contribution in [0.3, 0.4) is 0 Å². The summed E-state index contributed by atoms with van der Waals surface area (Å²) in [6.45, 7) is 8.79. The minimum atomic E-state index is -0.886. The van der Waals surface area contributed by atoms with Gasteiger partial charge in [-0.05, 0) is 26.2 Å². The van der Waals surface area contributed by atoms with Crippen molar-refractivity contribution in [2.75, 3.05) is 0 Å². The van der Waals surface area contributed by atoms with Crippen molar-refractivity contribution in [3.05, 3.63) is 23.8 Å². The van der Waals surface area contributed by atoms with Gasteiger partial charge in [-0.2, -0.15) is 0 Å². The SMILES string of the molecule is C=C(C)[C@@H]1C/C=C2\C(=O)O[C@@H](C[C@]3(C)CC(=O)[C@H](CC(=O)C1)O3)[C@@H]2OC(C)=O. The van der Waals surface area contributed by atoms with E-state index in [1.807, 2.05) is 6.92 Å². The fourth-order valence-electron chi connectivity index (χ4n) is 4.18. The summed E-state index contributed by atoms with van der Waals surface area (Å²) in [5, 5.41) is 0. The summed E-state index contributed by atoms with van der Waals surface area (Å²) in [5.41, 5.74) is 0.181. The summed E-state index contributed by atoms with van der Waals surface area (Å²) in [7, 11) is 0. The second kappa shape index (κ2) is 7.62. The maximum atomic E-state index is 12.5. The molecule has 0 amide bonds. The first kappa shape index (κ1) is 20.5. The molecule has 3 aliphatic rings. The Morgan fingerprint density at radius 3 is 2.61 bits per heavy atom. The van der Waals surface area contributed by atoms with Gasteiger partial charge in [0.05, 0.1) is 11.2 Å². The molecule has 28 heavy (non-hydrogen) atoms. The van der Waals surface area contributed by atoms with Gasteiger partial charge in [0.15, 0.2) is 11.9 Å². The molecule has 152 valence electrons. The van der Waals surface area contributed by atoms with E-state index >= 15 is 0 Å². The molecule has 0 aromatic rings. The van der Waals surface area contributed by atoms with E-state index < -0.39 is 35.9 Å². The minimum absolute atomic E-state index is 0.0343. The van der Waals surface area contributed by atoms with Crippen molar-refractivity contribution < 1.29 is 33.4 Å². The Labute approximate surface area is 164 Å². The maximum Gasteiger partial charge on any atom is 0.338 e. The van der Waals surface area contributed by atoms with Crippen LogP contribution in [0.1, 0.15) is 52.9 Å². The number of hydrogen-bond acceptors (Lipinski definition) is 7. The third-order valence-corrected chi connectivity index (χ3v) is 5.60. The van der Waals surface area contributed by atoms with Gasteiger partial charge in [-0.1, -0.05) is 18.2 Å². The second-order valence-electron chi connectivity index (χ2n) is 8.26. The highest BCUT2D eigenvalue weighted by Crippen LogP contribution is 2.39. The smallest absolute Gasteiger partial charge is 0.338 e. The maximum absolute atomic E-state index is 12.5. The molecule has 0 N–H and O–H groups in total. The molecule has 0 aromatic heterocycles. The topological polar surface area (TPSA) is 96.0 Å². The first-order valence-corrected chi connectivity index (χ1v) is 9.54. The number of ether oxygens (including phenoxy) is 3. The number of esters is 2. The number of hydrogen-bond donors (Lipinski definition) is 0. The highest BCUT2D eigenvalue weighted by atomic mass is 16.6. The largest absolute Gasteiger partial charge is 0.454 e. The molecule has 0 saturated carbocycles. The number of ketones is 2. The zero-order valence-electron chi connectivity index (χ0n) is 16.5. The van der Waals surface area contributed by atoms with Gasteiger partial charge in [-0.25, -0.2) is 4.79 Å². The van der Waals surface area contributed by atoms with Crippen LogP contribution in [-0.4, -0.2) is 47.4 Å². The van der Waals surface area contributed by atoms with E-state index in [-0.39, 0.29) is 48.7 Å². The molecule has 7 heteroatoms. The third-order valence-electron chi connectivity index (χ3n) is 5.60. The van der Waals surface area contributed by atoms with Crippen molar-refractivity contribution in [3.8, 4) is 0 Å². The monoisotopic (exact) mass is 390 g/mol. The van der Waals surface area contributed by atoms with Crippen LogP contribution in [0.2, 0.25) is 0 Å². The summed E-state index contributed by atoms with van der Waals surface area (Å²) in [4.78, 5) is 49.0. The Kier molecular flexibility index (Phi) is 5.57. The molecule has 4 bridgehead atoms. The molecule has 0 spiro atoms. The van der Waals surface area contributed by atoms with Crippen LogP contribution in [0.25, 0.3) is 0 Å². The van der Waals surface area contributed by atoms with E-state index in [9.17, 15) is 19.2 Å². The van der Waals surface area contributed by atoms with Gasteiger partial charge < -0.3 is 14.2 Å². The summed E-state index contributed by atoms with van der Waals surface area (Å²) < 4.78 is 16.8. The molecule has 0 unspecified atom stereocenters. The standard InChI is InChI=1S/C21H26O7/c1-11(2)13-5-6-15-19(26-12(3)22)18(27-20(15)25)10-21(4)9-16(24)17(28-21)8-14(23)7-13/h6,13,17-19H,1,5,7-10H2,2-4H3/b15-6-/t13-,17+,18+,19-,21+/m1/s1. The van der Waals surface area contributed by atoms with Crippen molar-refractivity contribution in [2.45, 2.75) is 76.8 Å². The first-order chi connectivity index (χ1) is 13.1. The molecule has 3 rings (SSSR count). The molecule has 0 aromatic carbocycles. The number of fused-ring (bicyclic) bond motifs is 4. The molecule has 7 nitrogen and oxygen atoms in total. The van der Waals surface area contributed by atoms with Gasteiger partial charge in [0.1, 0.15) is 18.0 Å². The average Bonchev–Trinajstić information content (AvgIpc) is 2.99. The number of allylic oxidation sites excluding steroid dienone is 2. The lowest BCUT2D eigenvalue weighted by molar-refractivity contribution is -0.155. The molecule has 3 heterocycles. The molecule has 3 aliphatic heterocycles. The fraction of sp³-hybridized carbons (Fsp3) is 0.619. The van der Waals surface area contributed by atoms with Gasteiger partial charge >= 0.3 is 11.9 Å². The highest BCUT2D eigenvalue weighted by Gasteiger charge is 2.50. The van der Waals surface area contributed by atoms with Crippen molar-refractivity contribution >= 4 is 23.5 Å². The van der Waals surface area contributed by atoms with Crippen LogP contribution in [-0.2, 0) is 33.4 Å². The Balaban J connectivity index is 1.99. The van der Waals surface area contributed by atoms with Gasteiger partial charge in [0.25, 0.3) is 0 Å². The molecular weight excluding hydrogens is 364 g/mol. The number of carbonyl (C=O) groups excluding carboxylic acids is 4. The van der Waals surface area contributed by atoms with E-state index in [2.05, 4.69) is 6.58 Å². The van der Waals surface area contributed by atoms with Crippen LogP contribution in [0.5, 0.6) is 0 Å². The predicted molar refractivity (Wildman–Crippen MR) is 98.2 cm³/mol. The lowest BCUT2D eigenvalue weighted by atomic mass is 9.87. The van der Waals surface area contributed by atoms with Gasteiger partial charge in [-0.15, -0.1) is 0 Å². The summed E-state index contributed by atoms with van der Waals surface area (Å²) in [5.74, 6) is -1.47. The molecule has 2 saturated heterocycles. The van der Waals surface area contributed by atoms with Crippen LogP contribution >= 0.6 is 0 Å². The van der Waals surface area contributed by atoms with Crippen LogP contribution < -0.4 is 0 Å². The Morgan fingerprint density at radius 2 is 1.96 bits per heavy atom. The number of Topliss-reactive ketones (excluding diaryl/α,β-unsaturated/α-hetero) is 2. The Morgan fingerprint density at radius 1 is 1.25 bits per heavy atom. The van der Waals surface area contributed by atoms with Gasteiger partial charge in [0.2, 0.25) is 0 Å². The average molecular weight is 390 g/mol. The van der Waals surface area contributed by atoms with Crippen LogP contribution in [0.4, 0.5) is 0 Å².